The zero-order valence-corrected chi connectivity index (χ0v) is 11.8. The van der Waals surface area contributed by atoms with Gasteiger partial charge in [-0.2, -0.15) is 0 Å². The van der Waals surface area contributed by atoms with E-state index in [9.17, 15) is 9.59 Å². The standard InChI is InChI=1S/C16H19N3O2/c20-15-9-13(12-3-1-2-4-14(12)19-15)16(21)18-8-6-11-5-7-17-10-11/h1-4,9,11,17H,5-8,10H2,(H,18,21)(H,19,20). The van der Waals surface area contributed by atoms with Crippen LogP contribution in [0.2, 0.25) is 0 Å². The van der Waals surface area contributed by atoms with Gasteiger partial charge in [-0.15, -0.1) is 0 Å². The molecular formula is C16H19N3O2. The number of nitrogens with one attached hydrogen (secondary N) is 3. The average Bonchev–Trinajstić information content (AvgIpc) is 2.99. The third kappa shape index (κ3) is 3.13. The number of amides is 1. The summed E-state index contributed by atoms with van der Waals surface area (Å²) in [6.45, 7) is 2.74. The van der Waals surface area contributed by atoms with Gasteiger partial charge in [-0.05, 0) is 37.9 Å². The zero-order valence-electron chi connectivity index (χ0n) is 11.8. The van der Waals surface area contributed by atoms with E-state index in [0.717, 1.165) is 24.9 Å². The van der Waals surface area contributed by atoms with E-state index in [-0.39, 0.29) is 11.5 Å². The molecule has 5 heteroatoms. The van der Waals surface area contributed by atoms with Gasteiger partial charge in [0, 0.05) is 23.5 Å². The molecule has 1 aromatic carbocycles. The van der Waals surface area contributed by atoms with Crippen LogP contribution in [-0.4, -0.2) is 30.5 Å². The van der Waals surface area contributed by atoms with Crippen molar-refractivity contribution in [1.29, 1.82) is 0 Å². The lowest BCUT2D eigenvalue weighted by molar-refractivity contribution is 0.0953. The van der Waals surface area contributed by atoms with Gasteiger partial charge in [0.15, 0.2) is 0 Å². The number of fused-ring (bicyclic) bond motifs is 1. The summed E-state index contributed by atoms with van der Waals surface area (Å²) in [6, 6.07) is 8.72. The highest BCUT2D eigenvalue weighted by atomic mass is 16.2. The lowest BCUT2D eigenvalue weighted by Crippen LogP contribution is -2.27. The fourth-order valence-corrected chi connectivity index (χ4v) is 2.84. The van der Waals surface area contributed by atoms with Crippen LogP contribution in [0.15, 0.2) is 35.1 Å². The molecule has 0 saturated carbocycles. The molecule has 1 aliphatic rings. The van der Waals surface area contributed by atoms with E-state index < -0.39 is 0 Å². The smallest absolute Gasteiger partial charge is 0.252 e. The van der Waals surface area contributed by atoms with Crippen molar-refractivity contribution in [2.24, 2.45) is 5.92 Å². The highest BCUT2D eigenvalue weighted by Gasteiger charge is 2.15. The number of aromatic amines is 1. The molecule has 0 aliphatic carbocycles. The molecule has 1 amide bonds. The van der Waals surface area contributed by atoms with Gasteiger partial charge < -0.3 is 15.6 Å². The maximum absolute atomic E-state index is 12.3. The second kappa shape index (κ2) is 6.10. The van der Waals surface area contributed by atoms with Crippen LogP contribution in [0, 0.1) is 5.92 Å². The Hall–Kier alpha value is -2.14. The van der Waals surface area contributed by atoms with Crippen LogP contribution in [0.5, 0.6) is 0 Å². The van der Waals surface area contributed by atoms with Crippen LogP contribution >= 0.6 is 0 Å². The number of rotatable bonds is 4. The third-order valence-electron chi connectivity index (χ3n) is 4.00. The molecule has 0 spiro atoms. The number of benzene rings is 1. The predicted octanol–water partition coefficient (Wildman–Crippen LogP) is 1.26. The number of carbonyl (C=O) groups is 1. The first-order valence-electron chi connectivity index (χ1n) is 7.35. The van der Waals surface area contributed by atoms with Gasteiger partial charge in [-0.3, -0.25) is 9.59 Å². The van der Waals surface area contributed by atoms with Crippen LogP contribution in [-0.2, 0) is 0 Å². The normalized spacial score (nSPS) is 18.0. The van der Waals surface area contributed by atoms with Gasteiger partial charge >= 0.3 is 0 Å². The minimum Gasteiger partial charge on any atom is -0.352 e. The van der Waals surface area contributed by atoms with E-state index in [4.69, 9.17) is 0 Å². The summed E-state index contributed by atoms with van der Waals surface area (Å²) in [6.07, 6.45) is 2.14. The van der Waals surface area contributed by atoms with Crippen molar-refractivity contribution < 1.29 is 4.79 Å². The fraction of sp³-hybridized carbons (Fsp3) is 0.375. The summed E-state index contributed by atoms with van der Waals surface area (Å²) in [4.78, 5) is 26.7. The molecular weight excluding hydrogens is 266 g/mol. The molecule has 21 heavy (non-hydrogen) atoms. The van der Waals surface area contributed by atoms with E-state index in [0.29, 0.717) is 23.5 Å². The molecule has 110 valence electrons. The molecule has 2 heterocycles. The lowest BCUT2D eigenvalue weighted by atomic mass is 10.0. The highest BCUT2D eigenvalue weighted by molar-refractivity contribution is 6.05. The Morgan fingerprint density at radius 1 is 1.33 bits per heavy atom. The van der Waals surface area contributed by atoms with Gasteiger partial charge in [-0.25, -0.2) is 0 Å². The fourth-order valence-electron chi connectivity index (χ4n) is 2.84. The number of para-hydroxylation sites is 1. The minimum atomic E-state index is -0.251. The van der Waals surface area contributed by atoms with Crippen LogP contribution in [0.3, 0.4) is 0 Å². The summed E-state index contributed by atoms with van der Waals surface area (Å²) < 4.78 is 0. The third-order valence-corrected chi connectivity index (χ3v) is 4.00. The SMILES string of the molecule is O=C(NCCC1CCNC1)c1cc(=O)[nH]c2ccccc12. The lowest BCUT2D eigenvalue weighted by Gasteiger charge is -2.10. The molecule has 1 atom stereocenters. The van der Waals surface area contributed by atoms with Crippen LogP contribution < -0.4 is 16.2 Å². The first-order chi connectivity index (χ1) is 10.2. The topological polar surface area (TPSA) is 74.0 Å². The van der Waals surface area contributed by atoms with Crippen molar-refractivity contribution in [3.05, 3.63) is 46.2 Å². The van der Waals surface area contributed by atoms with E-state index in [1.807, 2.05) is 18.2 Å². The largest absolute Gasteiger partial charge is 0.352 e. The Balaban J connectivity index is 1.73. The monoisotopic (exact) mass is 285 g/mol. The highest BCUT2D eigenvalue weighted by Crippen LogP contribution is 2.15. The second-order valence-corrected chi connectivity index (χ2v) is 5.50. The van der Waals surface area contributed by atoms with Crippen molar-refractivity contribution in [2.45, 2.75) is 12.8 Å². The Morgan fingerprint density at radius 3 is 3.00 bits per heavy atom. The Kier molecular flexibility index (Phi) is 4.01. The molecule has 1 fully saturated rings. The minimum absolute atomic E-state index is 0.178. The number of aromatic nitrogens is 1. The summed E-state index contributed by atoms with van der Waals surface area (Å²) in [5.74, 6) is 0.462. The van der Waals surface area contributed by atoms with Crippen molar-refractivity contribution in [1.82, 2.24) is 15.6 Å². The molecule has 5 nitrogen and oxygen atoms in total. The molecule has 1 saturated heterocycles. The van der Waals surface area contributed by atoms with Crippen molar-refractivity contribution in [2.75, 3.05) is 19.6 Å². The summed E-state index contributed by atoms with van der Waals surface area (Å²) in [5.41, 5.74) is 0.882. The summed E-state index contributed by atoms with van der Waals surface area (Å²) >= 11 is 0. The molecule has 1 unspecified atom stereocenters. The Morgan fingerprint density at radius 2 is 2.19 bits per heavy atom. The maximum Gasteiger partial charge on any atom is 0.252 e. The molecule has 0 bridgehead atoms. The Bertz CT molecular complexity index is 702. The zero-order chi connectivity index (χ0) is 14.7. The van der Waals surface area contributed by atoms with E-state index >= 15 is 0 Å². The van der Waals surface area contributed by atoms with Crippen LogP contribution in [0.25, 0.3) is 10.9 Å². The number of hydrogen-bond acceptors (Lipinski definition) is 3. The average molecular weight is 285 g/mol. The van der Waals surface area contributed by atoms with Gasteiger partial charge in [0.2, 0.25) is 5.56 Å². The number of carbonyl (C=O) groups excluding carboxylic acids is 1. The van der Waals surface area contributed by atoms with Gasteiger partial charge in [0.05, 0.1) is 5.56 Å². The molecule has 3 rings (SSSR count). The molecule has 2 aromatic rings. The first kappa shape index (κ1) is 13.8. The quantitative estimate of drug-likeness (QED) is 0.791. The molecule has 3 N–H and O–H groups in total. The maximum atomic E-state index is 12.3. The van der Waals surface area contributed by atoms with Crippen molar-refractivity contribution in [3.63, 3.8) is 0 Å². The van der Waals surface area contributed by atoms with E-state index in [1.54, 1.807) is 6.07 Å². The van der Waals surface area contributed by atoms with E-state index in [1.165, 1.54) is 12.5 Å². The molecule has 1 aliphatic heterocycles. The van der Waals surface area contributed by atoms with Gasteiger partial charge in [0.25, 0.3) is 5.91 Å². The van der Waals surface area contributed by atoms with Crippen LogP contribution in [0.1, 0.15) is 23.2 Å². The first-order valence-corrected chi connectivity index (χ1v) is 7.35. The summed E-state index contributed by atoms with van der Waals surface area (Å²) in [5, 5.41) is 7.02. The summed E-state index contributed by atoms with van der Waals surface area (Å²) in [7, 11) is 0. The van der Waals surface area contributed by atoms with Crippen LogP contribution in [0.4, 0.5) is 0 Å². The molecule has 1 aromatic heterocycles. The number of hydrogen-bond donors (Lipinski definition) is 3. The van der Waals surface area contributed by atoms with Crippen molar-refractivity contribution in [3.8, 4) is 0 Å². The van der Waals surface area contributed by atoms with Gasteiger partial charge in [-0.1, -0.05) is 18.2 Å². The van der Waals surface area contributed by atoms with Crippen molar-refractivity contribution >= 4 is 16.8 Å². The predicted molar refractivity (Wildman–Crippen MR) is 82.5 cm³/mol. The molecule has 0 radical (unpaired) electrons. The number of pyridine rings is 1. The Labute approximate surface area is 122 Å². The van der Waals surface area contributed by atoms with Gasteiger partial charge in [0.1, 0.15) is 0 Å². The van der Waals surface area contributed by atoms with E-state index in [2.05, 4.69) is 15.6 Å². The second-order valence-electron chi connectivity index (χ2n) is 5.50. The number of H-pyrrole nitrogens is 1.